The SMILES string of the molecule is FC(F)(F)c1cccc(Nc2cc(NCCc3ccccc3)ncn2)c1. The van der Waals surface area contributed by atoms with Crippen LogP contribution in [0.2, 0.25) is 0 Å². The molecule has 0 bridgehead atoms. The number of anilines is 3. The minimum atomic E-state index is -4.38. The molecule has 0 fully saturated rings. The average Bonchev–Trinajstić information content (AvgIpc) is 2.63. The molecule has 4 nitrogen and oxygen atoms in total. The van der Waals surface area contributed by atoms with Gasteiger partial charge in [-0.05, 0) is 30.2 Å². The van der Waals surface area contributed by atoms with Crippen LogP contribution in [0, 0.1) is 0 Å². The summed E-state index contributed by atoms with van der Waals surface area (Å²) >= 11 is 0. The van der Waals surface area contributed by atoms with E-state index in [1.54, 1.807) is 12.1 Å². The van der Waals surface area contributed by atoms with Crippen molar-refractivity contribution in [3.63, 3.8) is 0 Å². The lowest BCUT2D eigenvalue weighted by molar-refractivity contribution is -0.137. The van der Waals surface area contributed by atoms with Crippen LogP contribution in [-0.2, 0) is 12.6 Å². The maximum absolute atomic E-state index is 12.8. The lowest BCUT2D eigenvalue weighted by Crippen LogP contribution is -2.07. The average molecular weight is 358 g/mol. The Kier molecular flexibility index (Phi) is 5.36. The van der Waals surface area contributed by atoms with Crippen LogP contribution < -0.4 is 10.6 Å². The fourth-order valence-electron chi connectivity index (χ4n) is 2.42. The third-order valence-electron chi connectivity index (χ3n) is 3.69. The van der Waals surface area contributed by atoms with Gasteiger partial charge in [0.05, 0.1) is 5.56 Å². The molecule has 0 saturated carbocycles. The number of nitrogens with one attached hydrogen (secondary N) is 2. The van der Waals surface area contributed by atoms with Gasteiger partial charge in [0.15, 0.2) is 0 Å². The van der Waals surface area contributed by atoms with Crippen LogP contribution in [0.3, 0.4) is 0 Å². The Morgan fingerprint density at radius 2 is 1.62 bits per heavy atom. The van der Waals surface area contributed by atoms with Crippen LogP contribution in [0.25, 0.3) is 0 Å². The van der Waals surface area contributed by atoms with Crippen LogP contribution in [0.15, 0.2) is 67.0 Å². The zero-order valence-electron chi connectivity index (χ0n) is 13.8. The molecule has 0 atom stereocenters. The molecule has 0 aliphatic heterocycles. The van der Waals surface area contributed by atoms with Gasteiger partial charge in [0.25, 0.3) is 0 Å². The molecule has 0 aliphatic carbocycles. The molecule has 0 amide bonds. The van der Waals surface area contributed by atoms with Crippen LogP contribution in [-0.4, -0.2) is 16.5 Å². The Balaban J connectivity index is 1.62. The molecular formula is C19H17F3N4. The van der Waals surface area contributed by atoms with Crippen molar-refractivity contribution < 1.29 is 13.2 Å². The predicted molar refractivity (Wildman–Crippen MR) is 95.4 cm³/mol. The summed E-state index contributed by atoms with van der Waals surface area (Å²) in [6.07, 6.45) is -2.18. The minimum absolute atomic E-state index is 0.314. The van der Waals surface area contributed by atoms with Crippen LogP contribution in [0.4, 0.5) is 30.5 Å². The van der Waals surface area contributed by atoms with Crippen molar-refractivity contribution in [2.24, 2.45) is 0 Å². The van der Waals surface area contributed by atoms with E-state index in [4.69, 9.17) is 0 Å². The highest BCUT2D eigenvalue weighted by molar-refractivity contribution is 5.59. The topological polar surface area (TPSA) is 49.8 Å². The first-order valence-electron chi connectivity index (χ1n) is 8.05. The second-order valence-corrected chi connectivity index (χ2v) is 5.65. The molecule has 0 saturated heterocycles. The smallest absolute Gasteiger partial charge is 0.370 e. The Hall–Kier alpha value is -3.09. The van der Waals surface area contributed by atoms with Crippen molar-refractivity contribution in [1.82, 2.24) is 9.97 Å². The molecular weight excluding hydrogens is 341 g/mol. The predicted octanol–water partition coefficient (Wildman–Crippen LogP) is 4.89. The fraction of sp³-hybridized carbons (Fsp3) is 0.158. The Bertz CT molecular complexity index is 851. The number of benzene rings is 2. The van der Waals surface area contributed by atoms with E-state index in [0.717, 1.165) is 18.6 Å². The van der Waals surface area contributed by atoms with Gasteiger partial charge in [-0.15, -0.1) is 0 Å². The largest absolute Gasteiger partial charge is 0.416 e. The second kappa shape index (κ2) is 7.86. The van der Waals surface area contributed by atoms with Crippen molar-refractivity contribution in [3.05, 3.63) is 78.1 Å². The summed E-state index contributed by atoms with van der Waals surface area (Å²) in [5, 5.41) is 6.06. The summed E-state index contributed by atoms with van der Waals surface area (Å²) in [6, 6.07) is 16.7. The van der Waals surface area contributed by atoms with Crippen molar-refractivity contribution in [2.45, 2.75) is 12.6 Å². The quantitative estimate of drug-likeness (QED) is 0.658. The first-order chi connectivity index (χ1) is 12.5. The lowest BCUT2D eigenvalue weighted by atomic mass is 10.1. The van der Waals surface area contributed by atoms with Crippen LogP contribution >= 0.6 is 0 Å². The van der Waals surface area contributed by atoms with Crippen molar-refractivity contribution in [1.29, 1.82) is 0 Å². The summed E-state index contributed by atoms with van der Waals surface area (Å²) in [6.45, 7) is 0.685. The van der Waals surface area contributed by atoms with Crippen molar-refractivity contribution in [3.8, 4) is 0 Å². The van der Waals surface area contributed by atoms with Gasteiger partial charge in [0.2, 0.25) is 0 Å². The molecule has 0 aliphatic rings. The van der Waals surface area contributed by atoms with Gasteiger partial charge in [-0.1, -0.05) is 36.4 Å². The summed E-state index contributed by atoms with van der Waals surface area (Å²) in [7, 11) is 0. The first kappa shape index (κ1) is 17.7. The van der Waals surface area contributed by atoms with Crippen molar-refractivity contribution in [2.75, 3.05) is 17.2 Å². The number of alkyl halides is 3. The number of rotatable bonds is 6. The van der Waals surface area contributed by atoms with E-state index in [0.29, 0.717) is 23.9 Å². The molecule has 1 heterocycles. The molecule has 0 spiro atoms. The van der Waals surface area contributed by atoms with Gasteiger partial charge in [-0.25, -0.2) is 9.97 Å². The standard InChI is InChI=1S/C19H17F3N4/c20-19(21,22)15-7-4-8-16(11-15)26-18-12-17(24-13-25-18)23-10-9-14-5-2-1-3-6-14/h1-8,11-13H,9-10H2,(H2,23,24,25,26). The Morgan fingerprint density at radius 3 is 2.38 bits per heavy atom. The number of halogens is 3. The van der Waals surface area contributed by atoms with E-state index in [1.807, 2.05) is 30.3 Å². The molecule has 1 aromatic heterocycles. The molecule has 3 aromatic rings. The van der Waals surface area contributed by atoms with Crippen molar-refractivity contribution >= 4 is 17.3 Å². The van der Waals surface area contributed by atoms with Crippen LogP contribution in [0.1, 0.15) is 11.1 Å². The van der Waals surface area contributed by atoms with E-state index in [1.165, 1.54) is 18.0 Å². The number of hydrogen-bond donors (Lipinski definition) is 2. The summed E-state index contributed by atoms with van der Waals surface area (Å²) < 4.78 is 38.4. The van der Waals surface area contributed by atoms with E-state index >= 15 is 0 Å². The molecule has 0 radical (unpaired) electrons. The molecule has 7 heteroatoms. The normalized spacial score (nSPS) is 11.2. The van der Waals surface area contributed by atoms with Gasteiger partial charge in [-0.3, -0.25) is 0 Å². The third kappa shape index (κ3) is 4.95. The van der Waals surface area contributed by atoms with Gasteiger partial charge < -0.3 is 10.6 Å². The Labute approximate surface area is 149 Å². The molecule has 0 unspecified atom stereocenters. The van der Waals surface area contributed by atoms with E-state index in [-0.39, 0.29) is 0 Å². The van der Waals surface area contributed by atoms with Gasteiger partial charge in [-0.2, -0.15) is 13.2 Å². The first-order valence-corrected chi connectivity index (χ1v) is 8.05. The van der Waals surface area contributed by atoms with E-state index < -0.39 is 11.7 Å². The Morgan fingerprint density at radius 1 is 0.846 bits per heavy atom. The maximum Gasteiger partial charge on any atom is 0.416 e. The molecule has 2 N–H and O–H groups in total. The number of nitrogens with zero attached hydrogens (tertiary/aromatic N) is 2. The maximum atomic E-state index is 12.8. The minimum Gasteiger partial charge on any atom is -0.370 e. The van der Waals surface area contributed by atoms with E-state index in [2.05, 4.69) is 20.6 Å². The fourth-order valence-corrected chi connectivity index (χ4v) is 2.42. The van der Waals surface area contributed by atoms with Crippen LogP contribution in [0.5, 0.6) is 0 Å². The highest BCUT2D eigenvalue weighted by Crippen LogP contribution is 2.31. The second-order valence-electron chi connectivity index (χ2n) is 5.65. The summed E-state index contributed by atoms with van der Waals surface area (Å²) in [4.78, 5) is 8.18. The zero-order chi connectivity index (χ0) is 18.4. The van der Waals surface area contributed by atoms with E-state index in [9.17, 15) is 13.2 Å². The number of hydrogen-bond acceptors (Lipinski definition) is 4. The summed E-state index contributed by atoms with van der Waals surface area (Å²) in [5.74, 6) is 1.02. The van der Waals surface area contributed by atoms with Gasteiger partial charge in [0.1, 0.15) is 18.0 Å². The van der Waals surface area contributed by atoms with Gasteiger partial charge in [0, 0.05) is 18.3 Å². The third-order valence-corrected chi connectivity index (χ3v) is 3.69. The molecule has 2 aromatic carbocycles. The molecule has 134 valence electrons. The lowest BCUT2D eigenvalue weighted by Gasteiger charge is -2.11. The number of aromatic nitrogens is 2. The zero-order valence-corrected chi connectivity index (χ0v) is 13.8. The highest BCUT2D eigenvalue weighted by atomic mass is 19.4. The van der Waals surface area contributed by atoms with Gasteiger partial charge >= 0.3 is 6.18 Å². The summed E-state index contributed by atoms with van der Waals surface area (Å²) in [5.41, 5.74) is 0.808. The highest BCUT2D eigenvalue weighted by Gasteiger charge is 2.30. The molecule has 3 rings (SSSR count). The molecule has 26 heavy (non-hydrogen) atoms. The monoisotopic (exact) mass is 358 g/mol.